The number of pyridine rings is 1. The van der Waals surface area contributed by atoms with Crippen molar-refractivity contribution in [3.63, 3.8) is 0 Å². The summed E-state index contributed by atoms with van der Waals surface area (Å²) < 4.78 is 8.95. The van der Waals surface area contributed by atoms with Crippen molar-refractivity contribution < 1.29 is 9.53 Å². The van der Waals surface area contributed by atoms with Gasteiger partial charge in [0.05, 0.1) is 35.9 Å². The molecule has 0 bridgehead atoms. The molecule has 1 saturated heterocycles. The van der Waals surface area contributed by atoms with Gasteiger partial charge in [0.1, 0.15) is 11.6 Å². The number of methoxy groups -OCH3 is 1. The highest BCUT2D eigenvalue weighted by molar-refractivity contribution is 5.94. The van der Waals surface area contributed by atoms with E-state index in [1.165, 1.54) is 20.0 Å². The SMILES string of the molecule is CCn1ccc(Cn2c(-c3ccc(N4[C@H](C)CC[C@@H]4C)nc3)nc3cc(C(=O)OC)ccc32)n1. The number of fused-ring (bicyclic) bond motifs is 1. The fourth-order valence-corrected chi connectivity index (χ4v) is 4.90. The van der Waals surface area contributed by atoms with Gasteiger partial charge in [-0.15, -0.1) is 0 Å². The van der Waals surface area contributed by atoms with Crippen LogP contribution in [0.15, 0.2) is 48.8 Å². The zero-order chi connectivity index (χ0) is 23.8. The number of carbonyl (C=O) groups is 1. The summed E-state index contributed by atoms with van der Waals surface area (Å²) in [4.78, 5) is 24.2. The molecular formula is C26H30N6O2. The molecule has 0 spiro atoms. The van der Waals surface area contributed by atoms with Crippen LogP contribution in [0.1, 0.15) is 49.7 Å². The maximum Gasteiger partial charge on any atom is 0.337 e. The summed E-state index contributed by atoms with van der Waals surface area (Å²) in [6.45, 7) is 7.97. The van der Waals surface area contributed by atoms with Gasteiger partial charge in [-0.25, -0.2) is 14.8 Å². The van der Waals surface area contributed by atoms with Crippen molar-refractivity contribution in [3.05, 3.63) is 60.0 Å². The maximum atomic E-state index is 12.1. The molecule has 8 nitrogen and oxygen atoms in total. The molecule has 4 heterocycles. The van der Waals surface area contributed by atoms with Gasteiger partial charge in [-0.05, 0) is 70.0 Å². The number of rotatable bonds is 6. The first-order chi connectivity index (χ1) is 16.5. The Balaban J connectivity index is 1.57. The lowest BCUT2D eigenvalue weighted by Gasteiger charge is -2.27. The van der Waals surface area contributed by atoms with Crippen LogP contribution >= 0.6 is 0 Å². The van der Waals surface area contributed by atoms with Gasteiger partial charge in [0.25, 0.3) is 0 Å². The number of ether oxygens (including phenoxy) is 1. The molecule has 176 valence electrons. The van der Waals surface area contributed by atoms with Crippen molar-refractivity contribution in [3.8, 4) is 11.4 Å². The molecule has 0 radical (unpaired) electrons. The summed E-state index contributed by atoms with van der Waals surface area (Å²) in [6.07, 6.45) is 6.26. The molecule has 34 heavy (non-hydrogen) atoms. The molecule has 1 aliphatic heterocycles. The number of aryl methyl sites for hydroxylation is 1. The molecular weight excluding hydrogens is 428 g/mol. The fraction of sp³-hybridized carbons (Fsp3) is 0.385. The number of hydrogen-bond donors (Lipinski definition) is 0. The smallest absolute Gasteiger partial charge is 0.337 e. The van der Waals surface area contributed by atoms with E-state index < -0.39 is 0 Å². The number of esters is 1. The molecule has 0 amide bonds. The van der Waals surface area contributed by atoms with Gasteiger partial charge in [-0.1, -0.05) is 0 Å². The second-order valence-corrected chi connectivity index (χ2v) is 8.97. The lowest BCUT2D eigenvalue weighted by atomic mass is 10.2. The summed E-state index contributed by atoms with van der Waals surface area (Å²) in [7, 11) is 1.38. The number of anilines is 1. The first-order valence-corrected chi connectivity index (χ1v) is 11.8. The van der Waals surface area contributed by atoms with Crippen LogP contribution in [0.5, 0.6) is 0 Å². The van der Waals surface area contributed by atoms with E-state index in [2.05, 4.69) is 47.5 Å². The van der Waals surface area contributed by atoms with Crippen LogP contribution in [-0.4, -0.2) is 49.5 Å². The van der Waals surface area contributed by atoms with Crippen molar-refractivity contribution in [1.29, 1.82) is 0 Å². The highest BCUT2D eigenvalue weighted by Gasteiger charge is 2.28. The second-order valence-electron chi connectivity index (χ2n) is 8.97. The van der Waals surface area contributed by atoms with Crippen LogP contribution in [0.2, 0.25) is 0 Å². The van der Waals surface area contributed by atoms with E-state index in [4.69, 9.17) is 14.7 Å². The van der Waals surface area contributed by atoms with Crippen molar-refractivity contribution in [2.75, 3.05) is 12.0 Å². The van der Waals surface area contributed by atoms with Crippen LogP contribution in [0.4, 0.5) is 5.82 Å². The summed E-state index contributed by atoms with van der Waals surface area (Å²) in [5.41, 5.74) is 4.02. The molecule has 0 N–H and O–H groups in total. The van der Waals surface area contributed by atoms with Gasteiger partial charge in [0.15, 0.2) is 0 Å². The van der Waals surface area contributed by atoms with E-state index in [9.17, 15) is 4.79 Å². The van der Waals surface area contributed by atoms with E-state index in [0.717, 1.165) is 40.5 Å². The first kappa shape index (κ1) is 22.1. The predicted molar refractivity (Wildman–Crippen MR) is 132 cm³/mol. The molecule has 0 unspecified atom stereocenters. The van der Waals surface area contributed by atoms with Gasteiger partial charge < -0.3 is 14.2 Å². The largest absolute Gasteiger partial charge is 0.465 e. The fourth-order valence-electron chi connectivity index (χ4n) is 4.90. The number of imidazole rings is 1. The van der Waals surface area contributed by atoms with Gasteiger partial charge in [0.2, 0.25) is 0 Å². The van der Waals surface area contributed by atoms with E-state index in [0.29, 0.717) is 24.2 Å². The summed E-state index contributed by atoms with van der Waals surface area (Å²) >= 11 is 0. The highest BCUT2D eigenvalue weighted by atomic mass is 16.5. The summed E-state index contributed by atoms with van der Waals surface area (Å²) in [5.74, 6) is 1.42. The molecule has 1 fully saturated rings. The number of nitrogens with zero attached hydrogens (tertiary/aromatic N) is 6. The highest BCUT2D eigenvalue weighted by Crippen LogP contribution is 2.31. The van der Waals surface area contributed by atoms with Gasteiger partial charge in [0, 0.05) is 36.6 Å². The monoisotopic (exact) mass is 458 g/mol. The maximum absolute atomic E-state index is 12.1. The average molecular weight is 459 g/mol. The minimum absolute atomic E-state index is 0.375. The van der Waals surface area contributed by atoms with Crippen LogP contribution < -0.4 is 4.90 Å². The third-order valence-electron chi connectivity index (χ3n) is 6.73. The average Bonchev–Trinajstić information content (AvgIpc) is 3.56. The first-order valence-electron chi connectivity index (χ1n) is 11.8. The number of aromatic nitrogens is 5. The van der Waals surface area contributed by atoms with Crippen LogP contribution in [0.3, 0.4) is 0 Å². The molecule has 5 rings (SSSR count). The third kappa shape index (κ3) is 3.93. The molecule has 1 aliphatic rings. The lowest BCUT2D eigenvalue weighted by Crippen LogP contribution is -2.33. The Labute approximate surface area is 199 Å². The van der Waals surface area contributed by atoms with Crippen molar-refractivity contribution in [2.45, 2.75) is 58.8 Å². The van der Waals surface area contributed by atoms with Crippen molar-refractivity contribution in [2.24, 2.45) is 0 Å². The molecule has 0 aliphatic carbocycles. The van der Waals surface area contributed by atoms with E-state index in [-0.39, 0.29) is 5.97 Å². The van der Waals surface area contributed by atoms with E-state index in [1.54, 1.807) is 12.1 Å². The van der Waals surface area contributed by atoms with Gasteiger partial charge in [-0.3, -0.25) is 4.68 Å². The van der Waals surface area contributed by atoms with E-state index in [1.807, 2.05) is 29.2 Å². The molecule has 0 saturated carbocycles. The minimum atomic E-state index is -0.375. The van der Waals surface area contributed by atoms with Gasteiger partial charge in [-0.2, -0.15) is 5.10 Å². The summed E-state index contributed by atoms with van der Waals surface area (Å²) in [5, 5.41) is 4.66. The normalized spacial score (nSPS) is 18.1. The van der Waals surface area contributed by atoms with Crippen molar-refractivity contribution in [1.82, 2.24) is 24.3 Å². The zero-order valence-corrected chi connectivity index (χ0v) is 20.1. The predicted octanol–water partition coefficient (Wildman–Crippen LogP) is 4.53. The Hall–Kier alpha value is -3.68. The van der Waals surface area contributed by atoms with Crippen LogP contribution in [-0.2, 0) is 17.8 Å². The minimum Gasteiger partial charge on any atom is -0.465 e. The number of benzene rings is 1. The summed E-state index contributed by atoms with van der Waals surface area (Å²) in [6, 6.07) is 12.7. The van der Waals surface area contributed by atoms with Crippen LogP contribution in [0, 0.1) is 0 Å². The van der Waals surface area contributed by atoms with Crippen LogP contribution in [0.25, 0.3) is 22.4 Å². The Bertz CT molecular complexity index is 1310. The van der Waals surface area contributed by atoms with Gasteiger partial charge >= 0.3 is 5.97 Å². The van der Waals surface area contributed by atoms with Crippen molar-refractivity contribution >= 4 is 22.8 Å². The number of hydrogen-bond acceptors (Lipinski definition) is 6. The quantitative estimate of drug-likeness (QED) is 0.395. The standard InChI is InChI=1S/C26H30N6O2/c1-5-30-13-12-21(29-30)16-31-23-10-8-19(26(33)34-4)14-22(23)28-25(31)20-9-11-24(27-15-20)32-17(2)6-7-18(32)3/h8-15,17-18H,5-7,16H2,1-4H3/t17-,18+. The molecule has 3 aromatic heterocycles. The lowest BCUT2D eigenvalue weighted by molar-refractivity contribution is 0.0601. The molecule has 4 aromatic rings. The Morgan fingerprint density at radius 1 is 1.12 bits per heavy atom. The Morgan fingerprint density at radius 3 is 2.56 bits per heavy atom. The molecule has 1 aromatic carbocycles. The zero-order valence-electron chi connectivity index (χ0n) is 20.1. The topological polar surface area (TPSA) is 78.1 Å². The Kier molecular flexibility index (Phi) is 5.81. The second kappa shape index (κ2) is 8.93. The number of carbonyl (C=O) groups excluding carboxylic acids is 1. The van der Waals surface area contributed by atoms with E-state index >= 15 is 0 Å². The Morgan fingerprint density at radius 2 is 1.91 bits per heavy atom. The molecule has 8 heteroatoms. The molecule has 2 atom stereocenters. The third-order valence-corrected chi connectivity index (χ3v) is 6.73.